The first kappa shape index (κ1) is 35.1. The van der Waals surface area contributed by atoms with Gasteiger partial charge in [0.05, 0.1) is 31.6 Å². The van der Waals surface area contributed by atoms with Gasteiger partial charge in [-0.2, -0.15) is 0 Å². The van der Waals surface area contributed by atoms with Gasteiger partial charge in [0.15, 0.2) is 0 Å². The number of carbonyl (C=O) groups excluding carboxylic acids is 2. The minimum atomic E-state index is -1.50. The summed E-state index contributed by atoms with van der Waals surface area (Å²) in [6.07, 6.45) is 0. The smallest absolute Gasteiger partial charge is 0.549 e. The van der Waals surface area contributed by atoms with Crippen LogP contribution in [0.1, 0.15) is 0 Å². The fourth-order valence-electron chi connectivity index (χ4n) is 2.20. The van der Waals surface area contributed by atoms with Gasteiger partial charge in [0.25, 0.3) is 0 Å². The van der Waals surface area contributed by atoms with E-state index in [4.69, 9.17) is 15.3 Å². The van der Waals surface area contributed by atoms with Crippen LogP contribution in [-0.2, 0) is 41.0 Å². The van der Waals surface area contributed by atoms with Crippen LogP contribution in [0.5, 0.6) is 0 Å². The average Bonchev–Trinajstić information content (AvgIpc) is 2.46. The van der Waals surface area contributed by atoms with Crippen LogP contribution in [0, 0.1) is 0 Å². The van der Waals surface area contributed by atoms with Crippen LogP contribution in [0.4, 0.5) is 0 Å². The molecule has 16 heteroatoms. The summed E-state index contributed by atoms with van der Waals surface area (Å²) in [6, 6.07) is 0. The Kier molecular flexibility index (Phi) is 21.9. The molecule has 0 aromatic rings. The monoisotopic (exact) mass is 483 g/mol. The Bertz CT molecular complexity index is 493. The van der Waals surface area contributed by atoms with Crippen molar-refractivity contribution in [2.24, 2.45) is 0 Å². The zero-order chi connectivity index (χ0) is 21.0. The van der Waals surface area contributed by atoms with Gasteiger partial charge in [0.2, 0.25) is 0 Å². The second kappa shape index (κ2) is 18.7. The van der Waals surface area contributed by atoms with E-state index in [0.717, 1.165) is 9.80 Å². The molecule has 1 radical (unpaired) electrons. The number of nitrogens with zero attached hydrogens (tertiary/aromatic N) is 3. The second-order valence-corrected chi connectivity index (χ2v) is 5.62. The molecule has 0 bridgehead atoms. The van der Waals surface area contributed by atoms with Gasteiger partial charge in [0.1, 0.15) is 0 Å². The quantitative estimate of drug-likeness (QED) is 0.129. The molecule has 0 spiro atoms. The van der Waals surface area contributed by atoms with E-state index >= 15 is 0 Å². The Labute approximate surface area is 182 Å². The van der Waals surface area contributed by atoms with Crippen molar-refractivity contribution in [3.05, 3.63) is 0 Å². The number of quaternary nitrogens is 2. The van der Waals surface area contributed by atoms with Gasteiger partial charge >= 0.3 is 35.0 Å². The Morgan fingerprint density at radius 2 is 0.767 bits per heavy atom. The minimum Gasteiger partial charge on any atom is -0.549 e. The zero-order valence-corrected chi connectivity index (χ0v) is 17.9. The van der Waals surface area contributed by atoms with Crippen molar-refractivity contribution in [3.8, 4) is 0 Å². The number of carboxylic acid groups (broad SMARTS) is 5. The predicted molar refractivity (Wildman–Crippen MR) is 94.2 cm³/mol. The van der Waals surface area contributed by atoms with Crippen molar-refractivity contribution in [3.63, 3.8) is 0 Å². The molecule has 0 saturated heterocycles. The van der Waals surface area contributed by atoms with Crippen molar-refractivity contribution in [2.75, 3.05) is 58.9 Å². The summed E-state index contributed by atoms with van der Waals surface area (Å²) >= 11 is 0. The predicted octanol–water partition coefficient (Wildman–Crippen LogP) is -4.60. The number of rotatable bonds is 16. The largest absolute Gasteiger partial charge is 3.00 e. The van der Waals surface area contributed by atoms with Crippen LogP contribution >= 0.6 is 0 Å². The van der Waals surface area contributed by atoms with Crippen molar-refractivity contribution < 1.29 is 66.6 Å². The first-order chi connectivity index (χ1) is 12.5. The summed E-state index contributed by atoms with van der Waals surface area (Å²) < 4.78 is 0. The molecular weight excluding hydrogens is 454 g/mol. The zero-order valence-electron chi connectivity index (χ0n) is 16.8. The molecule has 0 aromatic heterocycles. The van der Waals surface area contributed by atoms with E-state index in [1.54, 1.807) is 0 Å². The van der Waals surface area contributed by atoms with Gasteiger partial charge in [-0.05, 0) is 0 Å². The van der Waals surface area contributed by atoms with Crippen LogP contribution in [0.3, 0.4) is 0 Å². The van der Waals surface area contributed by atoms with Crippen molar-refractivity contribution in [1.29, 1.82) is 0 Å². The van der Waals surface area contributed by atoms with E-state index in [9.17, 15) is 34.2 Å². The molecule has 0 atom stereocenters. The molecule has 0 amide bonds. The van der Waals surface area contributed by atoms with Crippen LogP contribution in [-0.4, -0.2) is 119 Å². The molecule has 0 aliphatic heterocycles. The van der Waals surface area contributed by atoms with E-state index in [1.807, 2.05) is 0 Å². The molecule has 15 nitrogen and oxygen atoms in total. The third kappa shape index (κ3) is 20.4. The molecule has 0 aliphatic carbocycles. The van der Waals surface area contributed by atoms with Gasteiger partial charge < -0.3 is 47.4 Å². The van der Waals surface area contributed by atoms with Gasteiger partial charge in [-0.25, -0.2) is 0 Å². The van der Waals surface area contributed by atoms with Crippen molar-refractivity contribution in [2.45, 2.75) is 0 Å². The normalized spacial score (nSPS) is 9.97. The Morgan fingerprint density at radius 1 is 0.533 bits per heavy atom. The summed E-state index contributed by atoms with van der Waals surface area (Å²) in [6.45, 7) is -3.29. The molecule has 0 aliphatic rings. The number of hydrogen-bond acceptors (Lipinski definition) is 10. The van der Waals surface area contributed by atoms with Gasteiger partial charge in [0, 0.05) is 39.3 Å². The fourth-order valence-corrected chi connectivity index (χ4v) is 2.20. The Hall–Kier alpha value is -2.33. The maximum absolute atomic E-state index is 10.9. The van der Waals surface area contributed by atoms with E-state index in [-0.39, 0.29) is 55.5 Å². The SMILES string of the molecule is O=C([O-])CN(CCN(CCN(CC(=O)[O-])CC(=O)O)CC(=O)O)CC(=O)O.[Fe+3].[NH4+].[NH4+]. The van der Waals surface area contributed by atoms with E-state index < -0.39 is 62.6 Å². The second-order valence-electron chi connectivity index (χ2n) is 5.62. The maximum Gasteiger partial charge on any atom is 3.00 e. The van der Waals surface area contributed by atoms with Crippen LogP contribution < -0.4 is 22.5 Å². The molecular formula is C14H29FeN5O10+3. The molecule has 0 rings (SSSR count). The molecule has 0 aromatic carbocycles. The summed E-state index contributed by atoms with van der Waals surface area (Å²) in [5.41, 5.74) is 0. The van der Waals surface area contributed by atoms with Gasteiger partial charge in [-0.3, -0.25) is 29.1 Å². The minimum absolute atomic E-state index is 0. The Balaban J connectivity index is -0.00000113. The van der Waals surface area contributed by atoms with Crippen molar-refractivity contribution >= 4 is 29.8 Å². The number of carbonyl (C=O) groups is 5. The molecule has 11 N–H and O–H groups in total. The van der Waals surface area contributed by atoms with E-state index in [1.165, 1.54) is 4.90 Å². The molecule has 175 valence electrons. The number of hydrogen-bond donors (Lipinski definition) is 5. The van der Waals surface area contributed by atoms with Crippen molar-refractivity contribution in [1.82, 2.24) is 27.0 Å². The summed E-state index contributed by atoms with van der Waals surface area (Å²) in [5.74, 6) is -6.76. The van der Waals surface area contributed by atoms with Crippen LogP contribution in [0.25, 0.3) is 0 Å². The van der Waals surface area contributed by atoms with Gasteiger partial charge in [-0.15, -0.1) is 0 Å². The Morgan fingerprint density at radius 3 is 1.00 bits per heavy atom. The molecule has 0 saturated carbocycles. The summed E-state index contributed by atoms with van der Waals surface area (Å²) in [5, 5.41) is 47.8. The van der Waals surface area contributed by atoms with E-state index in [2.05, 4.69) is 0 Å². The topological polar surface area (TPSA) is 275 Å². The average molecular weight is 483 g/mol. The number of carboxylic acids is 5. The van der Waals surface area contributed by atoms with Gasteiger partial charge in [-0.1, -0.05) is 0 Å². The molecule has 0 fully saturated rings. The summed E-state index contributed by atoms with van der Waals surface area (Å²) in [7, 11) is 0. The fraction of sp³-hybridized carbons (Fsp3) is 0.643. The molecule has 0 heterocycles. The standard InChI is InChI=1S/C14H23N3O10.Fe.2H3N/c18-10(19)5-15(1-3-16(6-11(20)21)7-12(22)23)2-4-17(8-13(24)25)9-14(26)27;;;/h1-9H2,(H,18,19)(H,20,21)(H,22,23)(H,24,25)(H,26,27);;2*1H3/q;+3;;. The summed E-state index contributed by atoms with van der Waals surface area (Å²) in [4.78, 5) is 57.1. The maximum atomic E-state index is 10.9. The molecule has 30 heavy (non-hydrogen) atoms. The number of aliphatic carboxylic acids is 5. The first-order valence-electron chi connectivity index (χ1n) is 7.71. The van der Waals surface area contributed by atoms with E-state index in [0.29, 0.717) is 0 Å². The van der Waals surface area contributed by atoms with Crippen LogP contribution in [0.15, 0.2) is 0 Å². The molecule has 0 unspecified atom stereocenters. The third-order valence-electron chi connectivity index (χ3n) is 3.25. The third-order valence-corrected chi connectivity index (χ3v) is 3.25. The first-order valence-corrected chi connectivity index (χ1v) is 7.71. The van der Waals surface area contributed by atoms with Crippen LogP contribution in [0.2, 0.25) is 0 Å².